The van der Waals surface area contributed by atoms with Crippen LogP contribution in [0.4, 0.5) is 0 Å². The molecule has 0 bridgehead atoms. The third kappa shape index (κ3) is 3.06. The highest BCUT2D eigenvalue weighted by Gasteiger charge is 2.21. The second kappa shape index (κ2) is 3.11. The summed E-state index contributed by atoms with van der Waals surface area (Å²) in [6.07, 6.45) is 4.50. The second-order valence-corrected chi connectivity index (χ2v) is 3.07. The largest absolute Gasteiger partial charge is 0.0776 e. The van der Waals surface area contributed by atoms with Crippen molar-refractivity contribution >= 4 is 0 Å². The van der Waals surface area contributed by atoms with E-state index < -0.39 is 0 Å². The van der Waals surface area contributed by atoms with Gasteiger partial charge in [-0.25, -0.2) is 0 Å². The van der Waals surface area contributed by atoms with Crippen molar-refractivity contribution in [3.05, 3.63) is 0 Å². The van der Waals surface area contributed by atoms with Crippen molar-refractivity contribution in [2.24, 2.45) is 11.8 Å². The molecular formula is C8H18. The molecule has 1 aliphatic rings. The molecule has 0 atom stereocenters. The molecular weight excluding hydrogens is 96.1 g/mol. The molecule has 0 saturated heterocycles. The van der Waals surface area contributed by atoms with E-state index in [1.54, 1.807) is 0 Å². The van der Waals surface area contributed by atoms with Crippen molar-refractivity contribution in [2.75, 3.05) is 0 Å². The van der Waals surface area contributed by atoms with E-state index in [0.717, 1.165) is 11.8 Å². The van der Waals surface area contributed by atoms with Gasteiger partial charge in [-0.05, 0) is 18.3 Å². The number of hydrogen-bond donors (Lipinski definition) is 0. The summed E-state index contributed by atoms with van der Waals surface area (Å²) >= 11 is 0. The number of rotatable bonds is 2. The highest BCUT2D eigenvalue weighted by atomic mass is 14.3. The first kappa shape index (κ1) is 8.00. The first-order valence-electron chi connectivity index (χ1n) is 3.29. The van der Waals surface area contributed by atoms with E-state index in [0.29, 0.717) is 0 Å². The summed E-state index contributed by atoms with van der Waals surface area (Å²) in [7, 11) is 0. The molecule has 1 aliphatic carbocycles. The average molecular weight is 114 g/mol. The van der Waals surface area contributed by atoms with Gasteiger partial charge in [-0.3, -0.25) is 0 Å². The molecule has 1 rings (SSSR count). The topological polar surface area (TPSA) is 0 Å². The maximum Gasteiger partial charge on any atom is -0.0412 e. The summed E-state index contributed by atoms with van der Waals surface area (Å²) < 4.78 is 0. The third-order valence-electron chi connectivity index (χ3n) is 1.50. The van der Waals surface area contributed by atoms with Crippen molar-refractivity contribution in [3.63, 3.8) is 0 Å². The fourth-order valence-corrected chi connectivity index (χ4v) is 1.02. The first-order chi connectivity index (χ1) is 3.29. The molecule has 8 heavy (non-hydrogen) atoms. The lowest BCUT2D eigenvalue weighted by Crippen LogP contribution is -1.86. The van der Waals surface area contributed by atoms with Gasteiger partial charge >= 0.3 is 0 Å². The summed E-state index contributed by atoms with van der Waals surface area (Å²) in [4.78, 5) is 0. The van der Waals surface area contributed by atoms with Crippen LogP contribution in [0.5, 0.6) is 0 Å². The van der Waals surface area contributed by atoms with Crippen LogP contribution in [0.25, 0.3) is 0 Å². The molecule has 50 valence electrons. The predicted molar refractivity (Wildman–Crippen MR) is 38.9 cm³/mol. The second-order valence-electron chi connectivity index (χ2n) is 3.07. The summed E-state index contributed by atoms with van der Waals surface area (Å²) in [6, 6.07) is 0. The standard InChI is InChI=1S/C7H14.CH4/c1-6(2)5-7-3-4-7;/h6-7H,3-5H2,1-2H3;1H4. The van der Waals surface area contributed by atoms with E-state index in [9.17, 15) is 0 Å². The van der Waals surface area contributed by atoms with E-state index in [4.69, 9.17) is 0 Å². The first-order valence-corrected chi connectivity index (χ1v) is 3.29. The molecule has 0 amide bonds. The molecule has 0 nitrogen and oxygen atoms in total. The zero-order valence-electron chi connectivity index (χ0n) is 5.28. The lowest BCUT2D eigenvalue weighted by atomic mass is 10.1. The summed E-state index contributed by atoms with van der Waals surface area (Å²) in [5, 5.41) is 0. The fourth-order valence-electron chi connectivity index (χ4n) is 1.02. The minimum Gasteiger partial charge on any atom is -0.0776 e. The Morgan fingerprint density at radius 3 is 2.00 bits per heavy atom. The van der Waals surface area contributed by atoms with Crippen LogP contribution >= 0.6 is 0 Å². The molecule has 0 heteroatoms. The Morgan fingerprint density at radius 1 is 1.38 bits per heavy atom. The minimum atomic E-state index is 0. The van der Waals surface area contributed by atoms with Crippen LogP contribution in [-0.2, 0) is 0 Å². The van der Waals surface area contributed by atoms with Gasteiger partial charge in [0, 0.05) is 0 Å². The lowest BCUT2D eigenvalue weighted by Gasteiger charge is -1.98. The van der Waals surface area contributed by atoms with Crippen LogP contribution in [0.2, 0.25) is 0 Å². The van der Waals surface area contributed by atoms with Gasteiger partial charge in [0.1, 0.15) is 0 Å². The van der Waals surface area contributed by atoms with Crippen molar-refractivity contribution in [3.8, 4) is 0 Å². The van der Waals surface area contributed by atoms with Gasteiger partial charge in [0.2, 0.25) is 0 Å². The van der Waals surface area contributed by atoms with Gasteiger partial charge in [-0.1, -0.05) is 34.1 Å². The maximum absolute atomic E-state index is 2.30. The molecule has 0 heterocycles. The van der Waals surface area contributed by atoms with Crippen molar-refractivity contribution < 1.29 is 0 Å². The molecule has 0 aromatic carbocycles. The third-order valence-corrected chi connectivity index (χ3v) is 1.50. The van der Waals surface area contributed by atoms with Crippen LogP contribution in [0, 0.1) is 11.8 Å². The Morgan fingerprint density at radius 2 is 1.88 bits per heavy atom. The average Bonchev–Trinajstić information content (AvgIpc) is 2.17. The van der Waals surface area contributed by atoms with Crippen LogP contribution < -0.4 is 0 Å². The van der Waals surface area contributed by atoms with Gasteiger partial charge in [0.15, 0.2) is 0 Å². The molecule has 0 aromatic heterocycles. The molecule has 0 N–H and O–H groups in total. The van der Waals surface area contributed by atoms with E-state index in [1.165, 1.54) is 19.3 Å². The SMILES string of the molecule is C.CC(C)CC1CC1. The van der Waals surface area contributed by atoms with Crippen molar-refractivity contribution in [1.82, 2.24) is 0 Å². The van der Waals surface area contributed by atoms with Gasteiger partial charge in [-0.2, -0.15) is 0 Å². The quantitative estimate of drug-likeness (QED) is 0.517. The molecule has 0 aromatic rings. The molecule has 0 aliphatic heterocycles. The monoisotopic (exact) mass is 114 g/mol. The minimum absolute atomic E-state index is 0. The van der Waals surface area contributed by atoms with E-state index in [-0.39, 0.29) is 7.43 Å². The van der Waals surface area contributed by atoms with E-state index >= 15 is 0 Å². The normalized spacial score (nSPS) is 18.4. The summed E-state index contributed by atoms with van der Waals surface area (Å²) in [5.41, 5.74) is 0. The highest BCUT2D eigenvalue weighted by molar-refractivity contribution is 4.73. The van der Waals surface area contributed by atoms with Crippen molar-refractivity contribution in [2.45, 2.75) is 40.5 Å². The Bertz CT molecular complexity index is 51.1. The molecule has 0 radical (unpaired) electrons. The van der Waals surface area contributed by atoms with Crippen molar-refractivity contribution in [1.29, 1.82) is 0 Å². The number of hydrogen-bond acceptors (Lipinski definition) is 0. The van der Waals surface area contributed by atoms with Gasteiger partial charge in [-0.15, -0.1) is 0 Å². The van der Waals surface area contributed by atoms with Gasteiger partial charge in [0.05, 0.1) is 0 Å². The zero-order chi connectivity index (χ0) is 5.28. The molecule has 1 fully saturated rings. The van der Waals surface area contributed by atoms with E-state index in [1.807, 2.05) is 0 Å². The van der Waals surface area contributed by atoms with Gasteiger partial charge < -0.3 is 0 Å². The Kier molecular flexibility index (Phi) is 3.11. The summed E-state index contributed by atoms with van der Waals surface area (Å²) in [6.45, 7) is 4.61. The van der Waals surface area contributed by atoms with Gasteiger partial charge in [0.25, 0.3) is 0 Å². The summed E-state index contributed by atoms with van der Waals surface area (Å²) in [5.74, 6) is 2.06. The predicted octanol–water partition coefficient (Wildman–Crippen LogP) is 3.08. The smallest absolute Gasteiger partial charge is 0.0412 e. The Labute approximate surface area is 53.3 Å². The Balaban J connectivity index is 0.000000490. The lowest BCUT2D eigenvalue weighted by molar-refractivity contribution is 0.541. The highest BCUT2D eigenvalue weighted by Crippen LogP contribution is 2.34. The zero-order valence-corrected chi connectivity index (χ0v) is 5.28. The van der Waals surface area contributed by atoms with Crippen LogP contribution in [0.3, 0.4) is 0 Å². The van der Waals surface area contributed by atoms with Crippen LogP contribution in [-0.4, -0.2) is 0 Å². The molecule has 0 unspecified atom stereocenters. The molecule has 1 saturated carbocycles. The van der Waals surface area contributed by atoms with Crippen LogP contribution in [0.1, 0.15) is 40.5 Å². The maximum atomic E-state index is 2.30. The Hall–Kier alpha value is 0. The van der Waals surface area contributed by atoms with E-state index in [2.05, 4.69) is 13.8 Å². The molecule has 0 spiro atoms. The van der Waals surface area contributed by atoms with Crippen LogP contribution in [0.15, 0.2) is 0 Å². The fraction of sp³-hybridized carbons (Fsp3) is 1.00.